The summed E-state index contributed by atoms with van der Waals surface area (Å²) in [5, 5.41) is 9.27. The summed E-state index contributed by atoms with van der Waals surface area (Å²) in [7, 11) is 0. The van der Waals surface area contributed by atoms with Gasteiger partial charge in [0.25, 0.3) is 5.91 Å². The topological polar surface area (TPSA) is 108 Å². The molecular formula is C19H20N4O4S. The van der Waals surface area contributed by atoms with Gasteiger partial charge in [0.05, 0.1) is 0 Å². The van der Waals surface area contributed by atoms with Crippen LogP contribution in [0.5, 0.6) is 0 Å². The summed E-state index contributed by atoms with van der Waals surface area (Å²) in [5.74, 6) is -0.989. The van der Waals surface area contributed by atoms with E-state index in [2.05, 4.69) is 16.0 Å². The molecule has 1 unspecified atom stereocenters. The Morgan fingerprint density at radius 1 is 1.14 bits per heavy atom. The molecule has 0 aliphatic carbocycles. The van der Waals surface area contributed by atoms with Gasteiger partial charge < -0.3 is 10.6 Å². The lowest BCUT2D eigenvalue weighted by atomic mass is 10.0. The fourth-order valence-corrected chi connectivity index (χ4v) is 3.69. The molecule has 146 valence electrons. The second-order valence-corrected chi connectivity index (χ2v) is 7.40. The van der Waals surface area contributed by atoms with Crippen LogP contribution in [0.2, 0.25) is 0 Å². The summed E-state index contributed by atoms with van der Waals surface area (Å²) in [5.41, 5.74) is -0.230. The van der Waals surface area contributed by atoms with E-state index in [0.29, 0.717) is 0 Å². The Morgan fingerprint density at radius 3 is 2.57 bits per heavy atom. The molecule has 3 rings (SSSR count). The Morgan fingerprint density at radius 2 is 1.89 bits per heavy atom. The Kier molecular flexibility index (Phi) is 5.74. The zero-order valence-electron chi connectivity index (χ0n) is 15.2. The lowest BCUT2D eigenvalue weighted by molar-refractivity contribution is -0.131. The first-order valence-electron chi connectivity index (χ1n) is 8.70. The molecule has 0 radical (unpaired) electrons. The van der Waals surface area contributed by atoms with Gasteiger partial charge in [-0.05, 0) is 23.9 Å². The van der Waals surface area contributed by atoms with Crippen molar-refractivity contribution in [1.29, 1.82) is 0 Å². The van der Waals surface area contributed by atoms with Gasteiger partial charge in [-0.15, -0.1) is 11.3 Å². The number of nitrogens with one attached hydrogen (secondary N) is 3. The molecule has 1 atom stereocenters. The van der Waals surface area contributed by atoms with Crippen LogP contribution in [0.4, 0.5) is 9.59 Å². The molecule has 2 heterocycles. The molecule has 2 aromatic rings. The summed E-state index contributed by atoms with van der Waals surface area (Å²) in [4.78, 5) is 50.4. The summed E-state index contributed by atoms with van der Waals surface area (Å²) in [6.45, 7) is 1.81. The van der Waals surface area contributed by atoms with E-state index in [-0.39, 0.29) is 19.5 Å². The van der Waals surface area contributed by atoms with Crippen molar-refractivity contribution >= 4 is 35.2 Å². The number of urea groups is 2. The van der Waals surface area contributed by atoms with Crippen LogP contribution in [0.1, 0.15) is 23.8 Å². The summed E-state index contributed by atoms with van der Waals surface area (Å²) >= 11 is 1.37. The van der Waals surface area contributed by atoms with E-state index in [1.807, 2.05) is 35.7 Å². The number of nitrogens with zero attached hydrogens (tertiary/aromatic N) is 1. The smallest absolute Gasteiger partial charge is 0.325 e. The van der Waals surface area contributed by atoms with Crippen molar-refractivity contribution in [1.82, 2.24) is 20.9 Å². The van der Waals surface area contributed by atoms with E-state index in [4.69, 9.17) is 0 Å². The number of imide groups is 2. The van der Waals surface area contributed by atoms with Crippen molar-refractivity contribution in [2.45, 2.75) is 25.4 Å². The molecule has 1 aromatic carbocycles. The maximum Gasteiger partial charge on any atom is 0.325 e. The van der Waals surface area contributed by atoms with E-state index in [9.17, 15) is 19.2 Å². The van der Waals surface area contributed by atoms with Gasteiger partial charge in [-0.2, -0.15) is 0 Å². The molecule has 0 saturated carbocycles. The Labute approximate surface area is 165 Å². The van der Waals surface area contributed by atoms with Crippen molar-refractivity contribution < 1.29 is 19.2 Å². The van der Waals surface area contributed by atoms with Crippen molar-refractivity contribution in [2.24, 2.45) is 0 Å². The van der Waals surface area contributed by atoms with Crippen LogP contribution in [-0.2, 0) is 21.7 Å². The summed E-state index contributed by atoms with van der Waals surface area (Å²) < 4.78 is 0. The third-order valence-electron chi connectivity index (χ3n) is 4.40. The van der Waals surface area contributed by atoms with Gasteiger partial charge in [-0.25, -0.2) is 9.59 Å². The predicted molar refractivity (Wildman–Crippen MR) is 103 cm³/mol. The third-order valence-corrected chi connectivity index (χ3v) is 5.49. The van der Waals surface area contributed by atoms with Crippen LogP contribution >= 0.6 is 11.3 Å². The number of carbonyl (C=O) groups excluding carboxylic acids is 4. The Bertz CT molecular complexity index is 885. The second-order valence-electron chi connectivity index (χ2n) is 6.46. The number of benzene rings is 1. The highest BCUT2D eigenvalue weighted by Gasteiger charge is 2.49. The molecule has 9 heteroatoms. The van der Waals surface area contributed by atoms with Gasteiger partial charge in [-0.1, -0.05) is 36.4 Å². The summed E-state index contributed by atoms with van der Waals surface area (Å²) in [6.07, 6.45) is -0.168. The monoisotopic (exact) mass is 400 g/mol. The molecule has 28 heavy (non-hydrogen) atoms. The molecular weight excluding hydrogens is 380 g/mol. The molecule has 8 nitrogen and oxygen atoms in total. The fraction of sp³-hybridized carbons (Fsp3) is 0.263. The minimum atomic E-state index is -1.13. The molecule has 3 N–H and O–H groups in total. The predicted octanol–water partition coefficient (Wildman–Crippen LogP) is 1.93. The molecule has 1 fully saturated rings. The van der Waals surface area contributed by atoms with Gasteiger partial charge in [0.15, 0.2) is 5.54 Å². The number of hydrogen-bond donors (Lipinski definition) is 3. The fourth-order valence-electron chi connectivity index (χ4n) is 2.85. The molecule has 1 aliphatic heterocycles. The highest BCUT2D eigenvalue weighted by atomic mass is 32.1. The van der Waals surface area contributed by atoms with Gasteiger partial charge in [0.2, 0.25) is 5.91 Å². The Hall–Kier alpha value is -3.20. The van der Waals surface area contributed by atoms with Crippen LogP contribution < -0.4 is 16.0 Å². The van der Waals surface area contributed by atoms with Crippen LogP contribution in [0.3, 0.4) is 0 Å². The average molecular weight is 400 g/mol. The average Bonchev–Trinajstić information content (AvgIpc) is 3.28. The normalized spacial score (nSPS) is 18.7. The molecule has 6 amide bonds. The number of amides is 6. The maximum absolute atomic E-state index is 12.7. The van der Waals surface area contributed by atoms with Crippen LogP contribution in [0.25, 0.3) is 0 Å². The number of carbonyl (C=O) groups is 4. The van der Waals surface area contributed by atoms with Gasteiger partial charge >= 0.3 is 12.1 Å². The zero-order chi connectivity index (χ0) is 20.1. The standard InChI is InChI=1S/C19H20N4O4S/c1-19(14-8-5-11-28-14)16(25)23(18(27)22-19)10-9-15(24)21-17(26)20-12-13-6-3-2-4-7-13/h2-8,11H,9-10,12H2,1H3,(H,22,27)(H2,20,21,24,26). The van der Waals surface area contributed by atoms with Crippen molar-refractivity contribution in [3.05, 3.63) is 58.3 Å². The lowest BCUT2D eigenvalue weighted by Gasteiger charge is -2.20. The van der Waals surface area contributed by atoms with Crippen LogP contribution in [-0.4, -0.2) is 35.3 Å². The zero-order valence-corrected chi connectivity index (χ0v) is 16.0. The van der Waals surface area contributed by atoms with Crippen molar-refractivity contribution in [3.8, 4) is 0 Å². The van der Waals surface area contributed by atoms with E-state index in [1.54, 1.807) is 19.1 Å². The van der Waals surface area contributed by atoms with Crippen LogP contribution in [0.15, 0.2) is 47.8 Å². The van der Waals surface area contributed by atoms with Gasteiger partial charge in [-0.3, -0.25) is 19.8 Å². The first kappa shape index (κ1) is 19.6. The molecule has 1 aromatic heterocycles. The largest absolute Gasteiger partial charge is 0.334 e. The highest BCUT2D eigenvalue weighted by molar-refractivity contribution is 7.10. The molecule has 0 bridgehead atoms. The van der Waals surface area contributed by atoms with E-state index in [0.717, 1.165) is 15.3 Å². The first-order valence-corrected chi connectivity index (χ1v) is 9.58. The van der Waals surface area contributed by atoms with E-state index in [1.165, 1.54) is 11.3 Å². The number of hydrogen-bond acceptors (Lipinski definition) is 5. The first-order chi connectivity index (χ1) is 13.4. The number of thiophene rings is 1. The van der Waals surface area contributed by atoms with Gasteiger partial charge in [0, 0.05) is 24.4 Å². The van der Waals surface area contributed by atoms with E-state index >= 15 is 0 Å². The molecule has 0 spiro atoms. The lowest BCUT2D eigenvalue weighted by Crippen LogP contribution is -2.42. The molecule has 1 saturated heterocycles. The van der Waals surface area contributed by atoms with Crippen molar-refractivity contribution in [2.75, 3.05) is 6.54 Å². The quantitative estimate of drug-likeness (QED) is 0.644. The highest BCUT2D eigenvalue weighted by Crippen LogP contribution is 2.31. The maximum atomic E-state index is 12.7. The third kappa shape index (κ3) is 4.20. The SMILES string of the molecule is CC1(c2cccs2)NC(=O)N(CCC(=O)NC(=O)NCc2ccccc2)C1=O. The minimum Gasteiger partial charge on any atom is -0.334 e. The summed E-state index contributed by atoms with van der Waals surface area (Å²) in [6, 6.07) is 11.7. The minimum absolute atomic E-state index is 0.108. The van der Waals surface area contributed by atoms with E-state index < -0.39 is 29.4 Å². The van der Waals surface area contributed by atoms with Crippen molar-refractivity contribution in [3.63, 3.8) is 0 Å². The van der Waals surface area contributed by atoms with Gasteiger partial charge in [0.1, 0.15) is 0 Å². The van der Waals surface area contributed by atoms with Crippen LogP contribution in [0, 0.1) is 0 Å². The molecule has 1 aliphatic rings. The number of rotatable bonds is 6. The Balaban J connectivity index is 1.48. The second kappa shape index (κ2) is 8.22.